The van der Waals surface area contributed by atoms with E-state index in [0.29, 0.717) is 35.9 Å². The lowest BCUT2D eigenvalue weighted by atomic mass is 9.98. The topological polar surface area (TPSA) is 71.5 Å². The van der Waals surface area contributed by atoms with E-state index in [0.717, 1.165) is 5.69 Å². The van der Waals surface area contributed by atoms with E-state index in [1.807, 2.05) is 10.3 Å². The Morgan fingerprint density at radius 1 is 1.42 bits per heavy atom. The fourth-order valence-electron chi connectivity index (χ4n) is 3.29. The molecule has 6 nitrogen and oxygen atoms in total. The highest BCUT2D eigenvalue weighted by Gasteiger charge is 2.44. The molecule has 1 saturated heterocycles. The van der Waals surface area contributed by atoms with Gasteiger partial charge in [-0.1, -0.05) is 13.8 Å². The third kappa shape index (κ3) is 3.78. The van der Waals surface area contributed by atoms with Crippen molar-refractivity contribution in [2.45, 2.75) is 38.6 Å². The third-order valence-electron chi connectivity index (χ3n) is 4.84. The minimum Gasteiger partial charge on any atom is -0.375 e. The number of amides is 2. The number of likely N-dealkylation sites (tertiary alicyclic amines) is 1. The zero-order valence-electron chi connectivity index (χ0n) is 14.4. The van der Waals surface area contributed by atoms with Crippen molar-refractivity contribution in [3.8, 4) is 0 Å². The molecule has 7 heteroatoms. The predicted molar refractivity (Wildman–Crippen MR) is 92.1 cm³/mol. The largest absolute Gasteiger partial charge is 0.375 e. The van der Waals surface area contributed by atoms with Gasteiger partial charge in [0.05, 0.1) is 11.7 Å². The molecule has 0 aromatic carbocycles. The van der Waals surface area contributed by atoms with Crippen LogP contribution >= 0.6 is 11.3 Å². The Labute approximate surface area is 146 Å². The van der Waals surface area contributed by atoms with Crippen LogP contribution in [-0.4, -0.2) is 54.5 Å². The summed E-state index contributed by atoms with van der Waals surface area (Å²) >= 11 is 1.39. The Kier molecular flexibility index (Phi) is 5.20. The summed E-state index contributed by atoms with van der Waals surface area (Å²) in [5.41, 5.74) is 0.951. The first-order chi connectivity index (χ1) is 11.5. The fourth-order valence-corrected chi connectivity index (χ4v) is 4.17. The van der Waals surface area contributed by atoms with Crippen molar-refractivity contribution in [2.75, 3.05) is 26.8 Å². The van der Waals surface area contributed by atoms with Crippen LogP contribution in [0.4, 0.5) is 0 Å². The van der Waals surface area contributed by atoms with Crippen molar-refractivity contribution < 1.29 is 14.3 Å². The van der Waals surface area contributed by atoms with E-state index in [9.17, 15) is 9.59 Å². The Balaban J connectivity index is 1.65. The molecule has 1 N–H and O–H groups in total. The van der Waals surface area contributed by atoms with Gasteiger partial charge in [-0.2, -0.15) is 0 Å². The summed E-state index contributed by atoms with van der Waals surface area (Å²) in [5, 5.41) is 5.57. The molecule has 0 bridgehead atoms. The molecule has 0 radical (unpaired) electrons. The van der Waals surface area contributed by atoms with Gasteiger partial charge in [-0.25, -0.2) is 4.98 Å². The van der Waals surface area contributed by atoms with Crippen LogP contribution in [0.5, 0.6) is 0 Å². The highest BCUT2D eigenvalue weighted by molar-refractivity contribution is 7.11. The number of hydrogen-bond acceptors (Lipinski definition) is 5. The van der Waals surface area contributed by atoms with Crippen LogP contribution in [0.25, 0.3) is 0 Å². The molecule has 2 heterocycles. The molecule has 2 aliphatic rings. The number of rotatable bonds is 6. The Morgan fingerprint density at radius 3 is 2.75 bits per heavy atom. The highest BCUT2D eigenvalue weighted by Crippen LogP contribution is 2.41. The molecular weight excluding hydrogens is 326 g/mol. The summed E-state index contributed by atoms with van der Waals surface area (Å²) in [4.78, 5) is 30.9. The van der Waals surface area contributed by atoms with Crippen molar-refractivity contribution in [1.29, 1.82) is 0 Å². The molecule has 2 fully saturated rings. The summed E-state index contributed by atoms with van der Waals surface area (Å²) in [6.07, 6.45) is 2.39. The number of hydrogen-bond donors (Lipinski definition) is 1. The quantitative estimate of drug-likeness (QED) is 0.849. The smallest absolute Gasteiger partial charge is 0.280 e. The van der Waals surface area contributed by atoms with Crippen molar-refractivity contribution in [3.05, 3.63) is 16.1 Å². The first-order valence-corrected chi connectivity index (χ1v) is 9.40. The van der Waals surface area contributed by atoms with Crippen LogP contribution in [0.3, 0.4) is 0 Å². The number of nitrogens with zero attached hydrogens (tertiary/aromatic N) is 2. The number of thiazole rings is 1. The number of carbonyl (C=O) groups is 2. The first kappa shape index (κ1) is 17.4. The van der Waals surface area contributed by atoms with Crippen LogP contribution < -0.4 is 5.32 Å². The molecule has 132 valence electrons. The lowest BCUT2D eigenvalue weighted by molar-refractivity contribution is -0.134. The van der Waals surface area contributed by atoms with Crippen molar-refractivity contribution >= 4 is 23.2 Å². The summed E-state index contributed by atoms with van der Waals surface area (Å²) < 4.78 is 4.95. The van der Waals surface area contributed by atoms with Gasteiger partial charge in [-0.3, -0.25) is 9.59 Å². The molecule has 0 spiro atoms. The van der Waals surface area contributed by atoms with Gasteiger partial charge in [-0.05, 0) is 24.7 Å². The minimum absolute atomic E-state index is 0.00348. The van der Waals surface area contributed by atoms with E-state index in [4.69, 9.17) is 4.74 Å². The van der Waals surface area contributed by atoms with Gasteiger partial charge >= 0.3 is 0 Å². The molecular formula is C17H25N3O3S. The van der Waals surface area contributed by atoms with Gasteiger partial charge in [0.25, 0.3) is 5.91 Å². The van der Waals surface area contributed by atoms with Crippen LogP contribution in [0, 0.1) is 11.8 Å². The average molecular weight is 351 g/mol. The summed E-state index contributed by atoms with van der Waals surface area (Å²) in [6, 6.07) is 0.0113. The van der Waals surface area contributed by atoms with Crippen LogP contribution in [0.1, 0.15) is 48.1 Å². The molecule has 1 aliphatic heterocycles. The number of methoxy groups -OCH3 is 1. The second-order valence-electron chi connectivity index (χ2n) is 7.05. The van der Waals surface area contributed by atoms with Crippen molar-refractivity contribution in [3.63, 3.8) is 0 Å². The number of ether oxygens (including phenoxy) is 1. The summed E-state index contributed by atoms with van der Waals surface area (Å²) in [6.45, 7) is 5.51. The van der Waals surface area contributed by atoms with E-state index >= 15 is 0 Å². The normalized spacial score (nSPS) is 23.8. The number of nitrogens with one attached hydrogen (secondary N) is 1. The van der Waals surface area contributed by atoms with Gasteiger partial charge < -0.3 is 15.0 Å². The van der Waals surface area contributed by atoms with E-state index in [1.165, 1.54) is 31.3 Å². The number of aromatic nitrogens is 1. The third-order valence-corrected chi connectivity index (χ3v) is 5.70. The zero-order valence-corrected chi connectivity index (χ0v) is 15.3. The molecule has 3 rings (SSSR count). The Hall–Kier alpha value is -1.47. The van der Waals surface area contributed by atoms with Crippen LogP contribution in [0.15, 0.2) is 5.38 Å². The summed E-state index contributed by atoms with van der Waals surface area (Å²) in [5.74, 6) is 1.16. The maximum Gasteiger partial charge on any atom is 0.280 e. The molecule has 1 saturated carbocycles. The Bertz CT molecular complexity index is 612. The first-order valence-electron chi connectivity index (χ1n) is 8.52. The molecule has 0 unspecified atom stereocenters. The highest BCUT2D eigenvalue weighted by atomic mass is 32.1. The monoisotopic (exact) mass is 351 g/mol. The van der Waals surface area contributed by atoms with Gasteiger partial charge in [0.1, 0.15) is 6.61 Å². The van der Waals surface area contributed by atoms with Gasteiger partial charge in [0.2, 0.25) is 5.91 Å². The maximum absolute atomic E-state index is 12.5. The second kappa shape index (κ2) is 7.19. The van der Waals surface area contributed by atoms with E-state index in [2.05, 4.69) is 24.1 Å². The van der Waals surface area contributed by atoms with Gasteiger partial charge in [0.15, 0.2) is 5.01 Å². The summed E-state index contributed by atoms with van der Waals surface area (Å²) in [7, 11) is 1.53. The molecule has 1 aromatic heterocycles. The van der Waals surface area contributed by atoms with E-state index < -0.39 is 0 Å². The van der Waals surface area contributed by atoms with Crippen molar-refractivity contribution in [1.82, 2.24) is 15.2 Å². The van der Waals surface area contributed by atoms with Crippen LogP contribution in [-0.2, 0) is 9.53 Å². The average Bonchev–Trinajstić information content (AvgIpc) is 3.10. The van der Waals surface area contributed by atoms with Crippen molar-refractivity contribution in [2.24, 2.45) is 11.8 Å². The SMILES string of the molecule is COCC(=O)N1C[C@@H](NC(=O)c2nc(C(C)C)cs2)[C@H](C2CC2)C1. The van der Waals surface area contributed by atoms with Crippen LogP contribution in [0.2, 0.25) is 0 Å². The molecule has 2 atom stereocenters. The minimum atomic E-state index is -0.122. The lowest BCUT2D eigenvalue weighted by Crippen LogP contribution is -2.41. The zero-order chi connectivity index (χ0) is 17.3. The molecule has 1 aliphatic carbocycles. The molecule has 24 heavy (non-hydrogen) atoms. The fraction of sp³-hybridized carbons (Fsp3) is 0.706. The lowest BCUT2D eigenvalue weighted by Gasteiger charge is -2.18. The number of carbonyl (C=O) groups excluding carboxylic acids is 2. The Morgan fingerprint density at radius 2 is 2.17 bits per heavy atom. The van der Waals surface area contributed by atoms with Gasteiger partial charge in [-0.15, -0.1) is 11.3 Å². The predicted octanol–water partition coefficient (Wildman–Crippen LogP) is 1.88. The maximum atomic E-state index is 12.5. The molecule has 1 aromatic rings. The van der Waals surface area contributed by atoms with Gasteiger partial charge in [0, 0.05) is 31.5 Å². The standard InChI is InChI=1S/C17H25N3O3S/c1-10(2)14-9-24-17(19-14)16(22)18-13-7-20(15(21)8-23-3)6-12(13)11-4-5-11/h9-13H,4-8H2,1-3H3,(H,18,22)/t12-,13+/m0/s1. The molecule has 2 amide bonds. The second-order valence-corrected chi connectivity index (χ2v) is 7.90. The van der Waals surface area contributed by atoms with E-state index in [1.54, 1.807) is 0 Å². The van der Waals surface area contributed by atoms with E-state index in [-0.39, 0.29) is 24.5 Å².